The molecule has 1 aromatic rings. The van der Waals surface area contributed by atoms with Crippen molar-refractivity contribution >= 4 is 5.69 Å². The Bertz CT molecular complexity index is 192. The molecular weight excluding hydrogens is 104 g/mol. The maximum absolute atomic E-state index is 9.82. The lowest BCUT2D eigenvalue weighted by atomic mass is 10.4. The predicted octanol–water partition coefficient (Wildman–Crippen LogP) is 1.72. The molecule has 0 radical (unpaired) electrons. The van der Waals surface area contributed by atoms with Crippen molar-refractivity contribution in [1.29, 1.82) is 0 Å². The molecule has 0 amide bonds. The summed E-state index contributed by atoms with van der Waals surface area (Å²) in [5, 5.41) is 2.75. The highest BCUT2D eigenvalue weighted by atomic mass is 16.3. The van der Waals surface area contributed by atoms with E-state index in [9.17, 15) is 4.91 Å². The van der Waals surface area contributed by atoms with Gasteiger partial charge in [0.2, 0.25) is 0 Å². The third-order valence-corrected chi connectivity index (χ3v) is 1.02. The molecule has 0 saturated carbocycles. The van der Waals surface area contributed by atoms with Crippen LogP contribution in [0.25, 0.3) is 0 Å². The molecule has 0 aliphatic carbocycles. The Labute approximate surface area is 46.7 Å². The molecule has 0 aliphatic rings. The Hall–Kier alpha value is -1.12. The van der Waals surface area contributed by atoms with Gasteiger partial charge in [-0.05, 0) is 18.2 Å². The molecule has 8 heavy (non-hydrogen) atoms. The summed E-state index contributed by atoms with van der Waals surface area (Å²) in [6.07, 6.45) is 1.69. The second-order valence-electron chi connectivity index (χ2n) is 1.58. The average molecular weight is 110 g/mol. The first-order valence-corrected chi connectivity index (χ1v) is 2.32. The Balaban J connectivity index is 3.09. The number of aromatic nitrogens is 1. The van der Waals surface area contributed by atoms with E-state index in [4.69, 9.17) is 0 Å². The highest BCUT2D eigenvalue weighted by Crippen LogP contribution is 2.13. The molecular formula is C5H6N2O. The van der Waals surface area contributed by atoms with Gasteiger partial charge in [0.1, 0.15) is 5.69 Å². The normalized spacial score (nSPS) is 9.12. The van der Waals surface area contributed by atoms with Gasteiger partial charge >= 0.3 is 0 Å². The van der Waals surface area contributed by atoms with Crippen LogP contribution in [0.4, 0.5) is 5.69 Å². The number of nitrogens with zero attached hydrogens (tertiary/aromatic N) is 1. The molecule has 0 bridgehead atoms. The second kappa shape index (κ2) is 1.78. The minimum absolute atomic E-state index is 0.491. The van der Waals surface area contributed by atoms with E-state index in [1.165, 1.54) is 0 Å². The van der Waals surface area contributed by atoms with Crippen molar-refractivity contribution in [2.45, 2.75) is 6.92 Å². The lowest BCUT2D eigenvalue weighted by Gasteiger charge is -1.79. The van der Waals surface area contributed by atoms with Crippen LogP contribution >= 0.6 is 0 Å². The van der Waals surface area contributed by atoms with E-state index in [0.29, 0.717) is 5.69 Å². The summed E-state index contributed by atoms with van der Waals surface area (Å²) in [7, 11) is 0. The van der Waals surface area contributed by atoms with Gasteiger partial charge in [-0.3, -0.25) is 0 Å². The second-order valence-corrected chi connectivity index (χ2v) is 1.58. The Kier molecular flexibility index (Phi) is 1.12. The Morgan fingerprint density at radius 2 is 2.50 bits per heavy atom. The quantitative estimate of drug-likeness (QED) is 0.549. The first-order valence-electron chi connectivity index (χ1n) is 2.32. The third kappa shape index (κ3) is 0.621. The summed E-state index contributed by atoms with van der Waals surface area (Å²) >= 11 is 0. The summed E-state index contributed by atoms with van der Waals surface area (Å²) in [6.45, 7) is 1.80. The maximum atomic E-state index is 9.82. The van der Waals surface area contributed by atoms with Crippen LogP contribution in [0, 0.1) is 11.8 Å². The zero-order valence-electron chi connectivity index (χ0n) is 4.51. The smallest absolute Gasteiger partial charge is 0.128 e. The van der Waals surface area contributed by atoms with Gasteiger partial charge in [-0.25, -0.2) is 0 Å². The van der Waals surface area contributed by atoms with Gasteiger partial charge in [-0.15, -0.1) is 4.91 Å². The summed E-state index contributed by atoms with van der Waals surface area (Å²) in [6, 6.07) is 1.64. The molecule has 0 aliphatic heterocycles. The number of rotatable bonds is 1. The fourth-order valence-electron chi connectivity index (χ4n) is 0.543. The number of nitrogens with one attached hydrogen (secondary N) is 1. The number of aryl methyl sites for hydroxylation is 1. The third-order valence-electron chi connectivity index (χ3n) is 1.02. The minimum atomic E-state index is 0.491. The van der Waals surface area contributed by atoms with Gasteiger partial charge in [0, 0.05) is 11.9 Å². The molecule has 0 aromatic carbocycles. The largest absolute Gasteiger partial charge is 0.363 e. The minimum Gasteiger partial charge on any atom is -0.363 e. The fourth-order valence-corrected chi connectivity index (χ4v) is 0.543. The zero-order chi connectivity index (χ0) is 5.98. The predicted molar refractivity (Wildman–Crippen MR) is 31.0 cm³/mol. The van der Waals surface area contributed by atoms with Gasteiger partial charge in [0.25, 0.3) is 0 Å². The number of nitroso groups, excluding NO2 is 1. The molecule has 3 nitrogen and oxygen atoms in total. The molecule has 0 spiro atoms. The van der Waals surface area contributed by atoms with Crippen LogP contribution in [-0.2, 0) is 0 Å². The SMILES string of the molecule is Cc1[nH]ccc1N=O. The van der Waals surface area contributed by atoms with Crippen molar-refractivity contribution in [3.63, 3.8) is 0 Å². The van der Waals surface area contributed by atoms with Crippen molar-refractivity contribution in [3.8, 4) is 0 Å². The molecule has 0 atom stereocenters. The average Bonchev–Trinajstić information content (AvgIpc) is 2.14. The molecule has 42 valence electrons. The number of hydrogen-bond acceptors (Lipinski definition) is 2. The Morgan fingerprint density at radius 1 is 1.75 bits per heavy atom. The Morgan fingerprint density at radius 3 is 2.75 bits per heavy atom. The molecule has 1 heterocycles. The van der Waals surface area contributed by atoms with Gasteiger partial charge in [0.15, 0.2) is 0 Å². The first-order chi connectivity index (χ1) is 3.84. The van der Waals surface area contributed by atoms with Crippen LogP contribution in [0.15, 0.2) is 17.4 Å². The van der Waals surface area contributed by atoms with Crippen LogP contribution in [0.2, 0.25) is 0 Å². The van der Waals surface area contributed by atoms with Crippen molar-refractivity contribution in [2.24, 2.45) is 5.18 Å². The number of aromatic amines is 1. The van der Waals surface area contributed by atoms with Crippen LogP contribution in [-0.4, -0.2) is 4.98 Å². The fraction of sp³-hybridized carbons (Fsp3) is 0.200. The van der Waals surface area contributed by atoms with Crippen molar-refractivity contribution in [1.82, 2.24) is 4.98 Å². The van der Waals surface area contributed by atoms with Gasteiger partial charge < -0.3 is 4.98 Å². The first kappa shape index (κ1) is 5.03. The number of H-pyrrole nitrogens is 1. The van der Waals surface area contributed by atoms with Crippen molar-refractivity contribution < 1.29 is 0 Å². The van der Waals surface area contributed by atoms with Gasteiger partial charge in [0.05, 0.1) is 0 Å². The van der Waals surface area contributed by atoms with Crippen LogP contribution < -0.4 is 0 Å². The molecule has 0 saturated heterocycles. The van der Waals surface area contributed by atoms with E-state index < -0.39 is 0 Å². The lowest BCUT2D eigenvalue weighted by molar-refractivity contribution is 1.25. The summed E-state index contributed by atoms with van der Waals surface area (Å²) in [5.41, 5.74) is 1.31. The molecule has 1 rings (SSSR count). The van der Waals surface area contributed by atoms with E-state index in [-0.39, 0.29) is 0 Å². The van der Waals surface area contributed by atoms with Crippen LogP contribution in [0.5, 0.6) is 0 Å². The molecule has 0 unspecified atom stereocenters. The van der Waals surface area contributed by atoms with E-state index in [2.05, 4.69) is 10.2 Å². The molecule has 1 N–H and O–H groups in total. The zero-order valence-corrected chi connectivity index (χ0v) is 4.51. The number of hydrogen-bond donors (Lipinski definition) is 1. The molecule has 1 aromatic heterocycles. The summed E-state index contributed by atoms with van der Waals surface area (Å²) in [5.74, 6) is 0. The van der Waals surface area contributed by atoms with E-state index >= 15 is 0 Å². The summed E-state index contributed by atoms with van der Waals surface area (Å²) < 4.78 is 0. The maximum Gasteiger partial charge on any atom is 0.128 e. The molecule has 3 heteroatoms. The summed E-state index contributed by atoms with van der Waals surface area (Å²) in [4.78, 5) is 12.6. The van der Waals surface area contributed by atoms with Gasteiger partial charge in [-0.2, -0.15) is 0 Å². The van der Waals surface area contributed by atoms with E-state index in [1.54, 1.807) is 19.2 Å². The monoisotopic (exact) mass is 110 g/mol. The highest BCUT2D eigenvalue weighted by molar-refractivity contribution is 5.40. The van der Waals surface area contributed by atoms with Crippen molar-refractivity contribution in [2.75, 3.05) is 0 Å². The molecule has 0 fully saturated rings. The highest BCUT2D eigenvalue weighted by Gasteiger charge is 1.93. The van der Waals surface area contributed by atoms with Gasteiger partial charge in [-0.1, -0.05) is 0 Å². The van der Waals surface area contributed by atoms with Crippen molar-refractivity contribution in [3.05, 3.63) is 22.9 Å². The van der Waals surface area contributed by atoms with E-state index in [1.807, 2.05) is 0 Å². The van der Waals surface area contributed by atoms with Crippen LogP contribution in [0.3, 0.4) is 0 Å². The van der Waals surface area contributed by atoms with E-state index in [0.717, 1.165) is 5.69 Å². The standard InChI is InChI=1S/C5H6N2O/c1-4-5(7-8)2-3-6-4/h2-3,6H,1H3. The lowest BCUT2D eigenvalue weighted by Crippen LogP contribution is -1.64. The topological polar surface area (TPSA) is 45.2 Å². The van der Waals surface area contributed by atoms with Crippen LogP contribution in [0.1, 0.15) is 5.69 Å².